The van der Waals surface area contributed by atoms with Gasteiger partial charge in [0.1, 0.15) is 6.10 Å². The van der Waals surface area contributed by atoms with Gasteiger partial charge in [0.15, 0.2) is 0 Å². The van der Waals surface area contributed by atoms with Crippen LogP contribution in [0.4, 0.5) is 0 Å². The molecule has 0 amide bonds. The van der Waals surface area contributed by atoms with Crippen LogP contribution in [0.25, 0.3) is 0 Å². The van der Waals surface area contributed by atoms with Gasteiger partial charge >= 0.3 is 0 Å². The van der Waals surface area contributed by atoms with Gasteiger partial charge in [0.25, 0.3) is 0 Å². The summed E-state index contributed by atoms with van der Waals surface area (Å²) in [7, 11) is 1.59. The number of aliphatic hydroxyl groups excluding tert-OH is 1. The van der Waals surface area contributed by atoms with E-state index in [0.29, 0.717) is 39.5 Å². The molecule has 1 unspecified atom stereocenters. The van der Waals surface area contributed by atoms with E-state index in [1.54, 1.807) is 30.0 Å². The number of halogens is 3. The van der Waals surface area contributed by atoms with Crippen molar-refractivity contribution >= 4 is 34.8 Å². The minimum atomic E-state index is -1.01. The summed E-state index contributed by atoms with van der Waals surface area (Å²) >= 11 is 18.1. The summed E-state index contributed by atoms with van der Waals surface area (Å²) < 4.78 is 6.60. The lowest BCUT2D eigenvalue weighted by Crippen LogP contribution is -2.14. The van der Waals surface area contributed by atoms with Crippen molar-refractivity contribution in [3.63, 3.8) is 0 Å². The molecule has 0 spiro atoms. The van der Waals surface area contributed by atoms with E-state index in [2.05, 4.69) is 5.10 Å². The van der Waals surface area contributed by atoms with E-state index in [-0.39, 0.29) is 0 Å². The van der Waals surface area contributed by atoms with Crippen molar-refractivity contribution in [2.24, 2.45) is 0 Å². The Morgan fingerprint density at radius 2 is 2.05 bits per heavy atom. The Morgan fingerprint density at radius 1 is 1.30 bits per heavy atom. The van der Waals surface area contributed by atoms with E-state index in [1.165, 1.54) is 6.20 Å². The molecule has 4 nitrogen and oxygen atoms in total. The summed E-state index contributed by atoms with van der Waals surface area (Å²) in [5, 5.41) is 15.9. The largest absolute Gasteiger partial charge is 0.383 e. The lowest BCUT2D eigenvalue weighted by Gasteiger charge is -2.16. The molecule has 2 rings (SSSR count). The Balaban J connectivity index is 2.39. The third-order valence-corrected chi connectivity index (χ3v) is 3.72. The van der Waals surface area contributed by atoms with Gasteiger partial charge in [-0.15, -0.1) is 0 Å². The molecular formula is C13H13Cl3N2O2. The molecular weight excluding hydrogens is 323 g/mol. The summed E-state index contributed by atoms with van der Waals surface area (Å²) in [6.07, 6.45) is 0.474. The minimum Gasteiger partial charge on any atom is -0.383 e. The second-order valence-corrected chi connectivity index (χ2v) is 5.41. The van der Waals surface area contributed by atoms with Gasteiger partial charge in [-0.25, -0.2) is 0 Å². The number of ether oxygens (including phenoxy) is 1. The number of benzene rings is 1. The smallest absolute Gasteiger partial charge is 0.124 e. The van der Waals surface area contributed by atoms with Gasteiger partial charge in [0.2, 0.25) is 0 Å². The Bertz CT molecular complexity index is 601. The number of aliphatic hydroxyl groups is 1. The number of hydrogen-bond acceptors (Lipinski definition) is 3. The normalized spacial score (nSPS) is 12.7. The quantitative estimate of drug-likeness (QED) is 0.908. The molecule has 20 heavy (non-hydrogen) atoms. The first-order chi connectivity index (χ1) is 9.54. The molecule has 0 saturated heterocycles. The maximum Gasteiger partial charge on any atom is 0.124 e. The molecule has 0 saturated carbocycles. The highest BCUT2D eigenvalue weighted by atomic mass is 35.5. The fraction of sp³-hybridized carbons (Fsp3) is 0.308. The molecule has 1 atom stereocenters. The third-order valence-electron chi connectivity index (χ3n) is 2.85. The van der Waals surface area contributed by atoms with Crippen molar-refractivity contribution < 1.29 is 9.84 Å². The van der Waals surface area contributed by atoms with Crippen LogP contribution in [0, 0.1) is 0 Å². The van der Waals surface area contributed by atoms with Crippen LogP contribution in [0.5, 0.6) is 0 Å². The van der Waals surface area contributed by atoms with Crippen molar-refractivity contribution in [1.82, 2.24) is 9.78 Å². The molecule has 0 bridgehead atoms. The number of nitrogens with zero attached hydrogens (tertiary/aromatic N) is 2. The molecule has 1 heterocycles. The maximum absolute atomic E-state index is 10.5. The van der Waals surface area contributed by atoms with E-state index in [4.69, 9.17) is 39.5 Å². The topological polar surface area (TPSA) is 47.3 Å². The van der Waals surface area contributed by atoms with Crippen molar-refractivity contribution in [3.8, 4) is 0 Å². The van der Waals surface area contributed by atoms with Crippen molar-refractivity contribution in [2.75, 3.05) is 13.7 Å². The average Bonchev–Trinajstić information content (AvgIpc) is 2.79. The highest BCUT2D eigenvalue weighted by Gasteiger charge is 2.22. The van der Waals surface area contributed by atoms with Crippen molar-refractivity contribution in [3.05, 3.63) is 50.7 Å². The maximum atomic E-state index is 10.5. The predicted octanol–water partition coefficient (Wildman–Crippen LogP) is 3.57. The summed E-state index contributed by atoms with van der Waals surface area (Å²) in [4.78, 5) is 0. The molecule has 0 aliphatic rings. The summed E-state index contributed by atoms with van der Waals surface area (Å²) in [6, 6.07) is 4.90. The Kier molecular flexibility index (Phi) is 5.29. The second-order valence-electron chi connectivity index (χ2n) is 4.16. The fourth-order valence-corrected chi connectivity index (χ4v) is 2.52. The summed E-state index contributed by atoms with van der Waals surface area (Å²) in [5.41, 5.74) is 0.952. The lowest BCUT2D eigenvalue weighted by atomic mass is 10.1. The fourth-order valence-electron chi connectivity index (χ4n) is 1.87. The molecule has 7 heteroatoms. The van der Waals surface area contributed by atoms with Crippen molar-refractivity contribution in [2.45, 2.75) is 12.6 Å². The molecule has 0 aliphatic heterocycles. The first-order valence-corrected chi connectivity index (χ1v) is 7.01. The SMILES string of the molecule is COCCn1ncc(Cl)c1C(O)c1cc(Cl)ccc1Cl. The number of rotatable bonds is 5. The van der Waals surface area contributed by atoms with E-state index in [1.807, 2.05) is 0 Å². The van der Waals surface area contributed by atoms with Crippen LogP contribution >= 0.6 is 34.8 Å². The standard InChI is InChI=1S/C13H13Cl3N2O2/c1-20-5-4-18-12(11(16)7-17-18)13(19)9-6-8(14)2-3-10(9)15/h2-3,6-7,13,19H,4-5H2,1H3. The highest BCUT2D eigenvalue weighted by molar-refractivity contribution is 6.34. The monoisotopic (exact) mass is 334 g/mol. The number of aromatic nitrogens is 2. The van der Waals surface area contributed by atoms with E-state index >= 15 is 0 Å². The van der Waals surface area contributed by atoms with Crippen LogP contribution < -0.4 is 0 Å². The van der Waals surface area contributed by atoms with Crippen molar-refractivity contribution in [1.29, 1.82) is 0 Å². The Hall–Kier alpha value is -0.780. The zero-order valence-electron chi connectivity index (χ0n) is 10.7. The van der Waals surface area contributed by atoms with Crippen LogP contribution in [0.2, 0.25) is 15.1 Å². The molecule has 0 aliphatic carbocycles. The van der Waals surface area contributed by atoms with Gasteiger partial charge < -0.3 is 9.84 Å². The van der Waals surface area contributed by atoms with Crippen LogP contribution in [-0.2, 0) is 11.3 Å². The molecule has 0 radical (unpaired) electrons. The van der Waals surface area contributed by atoms with E-state index < -0.39 is 6.10 Å². The van der Waals surface area contributed by atoms with Gasteiger partial charge in [-0.05, 0) is 18.2 Å². The Labute approximate surface area is 131 Å². The summed E-state index contributed by atoms with van der Waals surface area (Å²) in [6.45, 7) is 0.939. The first kappa shape index (κ1) is 15.6. The molecule has 1 aromatic heterocycles. The van der Waals surface area contributed by atoms with Gasteiger partial charge in [-0.1, -0.05) is 34.8 Å². The van der Waals surface area contributed by atoms with Crippen LogP contribution in [0.1, 0.15) is 17.4 Å². The Morgan fingerprint density at radius 3 is 2.75 bits per heavy atom. The lowest BCUT2D eigenvalue weighted by molar-refractivity contribution is 0.171. The number of methoxy groups -OCH3 is 1. The molecule has 0 fully saturated rings. The molecule has 1 N–H and O–H groups in total. The summed E-state index contributed by atoms with van der Waals surface area (Å²) in [5.74, 6) is 0. The van der Waals surface area contributed by atoms with Crippen LogP contribution in [0.3, 0.4) is 0 Å². The van der Waals surface area contributed by atoms with Crippen LogP contribution in [-0.4, -0.2) is 28.6 Å². The first-order valence-electron chi connectivity index (χ1n) is 5.87. The van der Waals surface area contributed by atoms with E-state index in [0.717, 1.165) is 0 Å². The van der Waals surface area contributed by atoms with Gasteiger partial charge in [0.05, 0.1) is 30.1 Å². The number of hydrogen-bond donors (Lipinski definition) is 1. The van der Waals surface area contributed by atoms with Gasteiger partial charge in [-0.3, -0.25) is 4.68 Å². The zero-order chi connectivity index (χ0) is 14.7. The van der Waals surface area contributed by atoms with Crippen LogP contribution in [0.15, 0.2) is 24.4 Å². The van der Waals surface area contributed by atoms with E-state index in [9.17, 15) is 5.11 Å². The second kappa shape index (κ2) is 6.78. The van der Waals surface area contributed by atoms with Gasteiger partial charge in [0, 0.05) is 22.7 Å². The predicted molar refractivity (Wildman–Crippen MR) is 79.6 cm³/mol. The minimum absolute atomic E-state index is 0.365. The third kappa shape index (κ3) is 3.27. The molecule has 2 aromatic rings. The highest BCUT2D eigenvalue weighted by Crippen LogP contribution is 2.33. The molecule has 108 valence electrons. The molecule has 1 aromatic carbocycles. The average molecular weight is 336 g/mol. The van der Waals surface area contributed by atoms with Gasteiger partial charge in [-0.2, -0.15) is 5.10 Å². The zero-order valence-corrected chi connectivity index (χ0v) is 13.0.